The predicted octanol–water partition coefficient (Wildman–Crippen LogP) is 9.09. The van der Waals surface area contributed by atoms with E-state index in [4.69, 9.17) is 0 Å². The second-order valence-electron chi connectivity index (χ2n) is 8.46. The van der Waals surface area contributed by atoms with Gasteiger partial charge in [-0.2, -0.15) is 0 Å². The van der Waals surface area contributed by atoms with E-state index in [1.165, 1.54) is 59.3 Å². The van der Waals surface area contributed by atoms with Gasteiger partial charge in [0.15, 0.2) is 0 Å². The first-order valence-electron chi connectivity index (χ1n) is 11.1. The van der Waals surface area contributed by atoms with E-state index in [2.05, 4.69) is 114 Å². The standard InChI is InChI=1S/C31H19NS/c1-2-7-26-24(5-1)25-6-3-4-8-27(25)29-17-22(13-15-28(26)29)20-9-11-21(12-10-20)23-14-16-30-31(18-23)33-19-32-30/h1-19H. The summed E-state index contributed by atoms with van der Waals surface area (Å²) in [6.07, 6.45) is 0. The minimum Gasteiger partial charge on any atom is -0.245 e. The Labute approximate surface area is 195 Å². The van der Waals surface area contributed by atoms with E-state index < -0.39 is 0 Å². The molecular formula is C31H19NS. The highest BCUT2D eigenvalue weighted by molar-refractivity contribution is 7.16. The van der Waals surface area contributed by atoms with Crippen LogP contribution in [0.4, 0.5) is 0 Å². The predicted molar refractivity (Wildman–Crippen MR) is 143 cm³/mol. The SMILES string of the molecule is c1ccc2c(c1)c1ccccc1c1cc(-c3ccc(-c4ccc5ncsc5c4)cc3)ccc21. The first kappa shape index (κ1) is 18.6. The number of nitrogens with zero attached hydrogens (tertiary/aromatic N) is 1. The van der Waals surface area contributed by atoms with Crippen LogP contribution >= 0.6 is 11.3 Å². The van der Waals surface area contributed by atoms with Crippen LogP contribution in [-0.4, -0.2) is 4.98 Å². The van der Waals surface area contributed by atoms with Crippen molar-refractivity contribution in [1.82, 2.24) is 4.98 Å². The highest BCUT2D eigenvalue weighted by Crippen LogP contribution is 2.37. The average molecular weight is 438 g/mol. The average Bonchev–Trinajstić information content (AvgIpc) is 3.37. The van der Waals surface area contributed by atoms with Crippen LogP contribution in [-0.2, 0) is 0 Å². The van der Waals surface area contributed by atoms with Crippen molar-refractivity contribution in [3.8, 4) is 22.3 Å². The molecule has 0 fully saturated rings. The fraction of sp³-hybridized carbons (Fsp3) is 0. The Hall–Kier alpha value is -4.01. The largest absolute Gasteiger partial charge is 0.245 e. The zero-order valence-electron chi connectivity index (χ0n) is 17.8. The molecule has 0 N–H and O–H groups in total. The van der Waals surface area contributed by atoms with Crippen LogP contribution in [0.2, 0.25) is 0 Å². The second-order valence-corrected chi connectivity index (χ2v) is 9.35. The van der Waals surface area contributed by atoms with Crippen LogP contribution in [0.5, 0.6) is 0 Å². The molecule has 1 heterocycles. The third-order valence-corrected chi connectivity index (χ3v) is 7.42. The van der Waals surface area contributed by atoms with E-state index >= 15 is 0 Å². The Morgan fingerprint density at radius 2 is 0.909 bits per heavy atom. The molecule has 0 amide bonds. The van der Waals surface area contributed by atoms with E-state index in [9.17, 15) is 0 Å². The molecule has 0 aliphatic carbocycles. The molecule has 0 aliphatic heterocycles. The molecule has 33 heavy (non-hydrogen) atoms. The lowest BCUT2D eigenvalue weighted by Crippen LogP contribution is -1.85. The number of benzene rings is 6. The summed E-state index contributed by atoms with van der Waals surface area (Å²) in [5, 5.41) is 7.86. The van der Waals surface area contributed by atoms with E-state index in [0.29, 0.717) is 0 Å². The van der Waals surface area contributed by atoms with Crippen LogP contribution < -0.4 is 0 Å². The Bertz CT molecular complexity index is 1770. The minimum atomic E-state index is 1.07. The molecule has 0 atom stereocenters. The Kier molecular flexibility index (Phi) is 4.08. The van der Waals surface area contributed by atoms with Crippen LogP contribution in [0.1, 0.15) is 0 Å². The molecule has 2 heteroatoms. The van der Waals surface area contributed by atoms with Crippen molar-refractivity contribution in [3.63, 3.8) is 0 Å². The van der Waals surface area contributed by atoms with Gasteiger partial charge in [0.05, 0.1) is 15.7 Å². The fourth-order valence-electron chi connectivity index (χ4n) is 4.98. The highest BCUT2D eigenvalue weighted by Gasteiger charge is 2.10. The smallest absolute Gasteiger partial charge is 0.0812 e. The van der Waals surface area contributed by atoms with Gasteiger partial charge < -0.3 is 0 Å². The molecule has 6 aromatic carbocycles. The first-order valence-corrected chi connectivity index (χ1v) is 12.0. The maximum absolute atomic E-state index is 4.39. The molecule has 0 saturated heterocycles. The van der Waals surface area contributed by atoms with Gasteiger partial charge in [-0.15, -0.1) is 11.3 Å². The number of thiazole rings is 1. The molecule has 154 valence electrons. The molecule has 0 saturated carbocycles. The monoisotopic (exact) mass is 437 g/mol. The van der Waals surface area contributed by atoms with Crippen molar-refractivity contribution >= 4 is 53.9 Å². The fourth-order valence-corrected chi connectivity index (χ4v) is 5.69. The lowest BCUT2D eigenvalue weighted by Gasteiger charge is -2.12. The van der Waals surface area contributed by atoms with Crippen molar-refractivity contribution in [1.29, 1.82) is 0 Å². The molecule has 1 nitrogen and oxygen atoms in total. The number of aromatic nitrogens is 1. The number of fused-ring (bicyclic) bond motifs is 7. The Balaban J connectivity index is 1.37. The van der Waals surface area contributed by atoms with Crippen molar-refractivity contribution < 1.29 is 0 Å². The molecule has 0 unspecified atom stereocenters. The van der Waals surface area contributed by atoms with Gasteiger partial charge in [0.25, 0.3) is 0 Å². The van der Waals surface area contributed by atoms with E-state index in [0.717, 1.165) is 5.52 Å². The first-order chi connectivity index (χ1) is 16.3. The van der Waals surface area contributed by atoms with Gasteiger partial charge >= 0.3 is 0 Å². The highest BCUT2D eigenvalue weighted by atomic mass is 32.1. The van der Waals surface area contributed by atoms with Gasteiger partial charge in [-0.25, -0.2) is 4.98 Å². The quantitative estimate of drug-likeness (QED) is 0.246. The van der Waals surface area contributed by atoms with Gasteiger partial charge in [-0.3, -0.25) is 0 Å². The van der Waals surface area contributed by atoms with Crippen molar-refractivity contribution in [2.45, 2.75) is 0 Å². The van der Waals surface area contributed by atoms with Gasteiger partial charge in [0.2, 0.25) is 0 Å². The van der Waals surface area contributed by atoms with E-state index in [-0.39, 0.29) is 0 Å². The van der Waals surface area contributed by atoms with Crippen LogP contribution in [0.25, 0.3) is 64.8 Å². The van der Waals surface area contributed by atoms with E-state index in [1.807, 2.05) is 5.51 Å². The maximum atomic E-state index is 4.39. The van der Waals surface area contributed by atoms with Crippen molar-refractivity contribution in [2.24, 2.45) is 0 Å². The molecule has 7 rings (SSSR count). The summed E-state index contributed by atoms with van der Waals surface area (Å²) < 4.78 is 1.23. The second kappa shape index (κ2) is 7.26. The summed E-state index contributed by atoms with van der Waals surface area (Å²) in [6.45, 7) is 0. The normalized spacial score (nSPS) is 11.6. The summed E-state index contributed by atoms with van der Waals surface area (Å²) in [5.74, 6) is 0. The summed E-state index contributed by atoms with van der Waals surface area (Å²) >= 11 is 1.69. The zero-order chi connectivity index (χ0) is 21.8. The Morgan fingerprint density at radius 1 is 0.424 bits per heavy atom. The lowest BCUT2D eigenvalue weighted by atomic mass is 9.92. The van der Waals surface area contributed by atoms with Crippen LogP contribution in [0.3, 0.4) is 0 Å². The Morgan fingerprint density at radius 3 is 1.55 bits per heavy atom. The third-order valence-electron chi connectivity index (χ3n) is 6.63. The molecular weight excluding hydrogens is 418 g/mol. The van der Waals surface area contributed by atoms with Crippen LogP contribution in [0.15, 0.2) is 115 Å². The maximum Gasteiger partial charge on any atom is 0.0812 e. The molecule has 1 aromatic heterocycles. The lowest BCUT2D eigenvalue weighted by molar-refractivity contribution is 1.50. The number of hydrogen-bond acceptors (Lipinski definition) is 2. The van der Waals surface area contributed by atoms with Gasteiger partial charge in [0.1, 0.15) is 0 Å². The summed E-state index contributed by atoms with van der Waals surface area (Å²) in [4.78, 5) is 4.39. The van der Waals surface area contributed by atoms with E-state index in [1.54, 1.807) is 11.3 Å². The molecule has 7 aromatic rings. The topological polar surface area (TPSA) is 12.9 Å². The van der Waals surface area contributed by atoms with Gasteiger partial charge in [-0.1, -0.05) is 91.0 Å². The molecule has 0 spiro atoms. The summed E-state index contributed by atoms with van der Waals surface area (Å²) in [7, 11) is 0. The number of rotatable bonds is 2. The van der Waals surface area contributed by atoms with Crippen LogP contribution in [0, 0.1) is 0 Å². The molecule has 0 bridgehead atoms. The van der Waals surface area contributed by atoms with Crippen molar-refractivity contribution in [2.75, 3.05) is 0 Å². The van der Waals surface area contributed by atoms with Gasteiger partial charge in [0, 0.05) is 0 Å². The zero-order valence-corrected chi connectivity index (χ0v) is 18.6. The molecule has 0 aliphatic rings. The minimum absolute atomic E-state index is 1.07. The summed E-state index contributed by atoms with van der Waals surface area (Å²) in [5.41, 5.74) is 7.91. The number of hydrogen-bond donors (Lipinski definition) is 0. The third kappa shape index (κ3) is 2.95. The molecule has 0 radical (unpaired) electrons. The summed E-state index contributed by atoms with van der Waals surface area (Å²) in [6, 6.07) is 39.8. The van der Waals surface area contributed by atoms with Gasteiger partial charge in [-0.05, 0) is 72.8 Å². The van der Waals surface area contributed by atoms with Crippen molar-refractivity contribution in [3.05, 3.63) is 115 Å².